The van der Waals surface area contributed by atoms with Crippen molar-refractivity contribution in [2.75, 3.05) is 52.5 Å². The van der Waals surface area contributed by atoms with Gasteiger partial charge in [-0.05, 0) is 199 Å². The summed E-state index contributed by atoms with van der Waals surface area (Å²) in [5.41, 5.74) is 0. The molecule has 5 nitrogen and oxygen atoms in total. The maximum absolute atomic E-state index is 5.54. The van der Waals surface area contributed by atoms with E-state index in [0.717, 1.165) is 72.8 Å². The van der Waals surface area contributed by atoms with Gasteiger partial charge < -0.3 is 24.2 Å². The van der Waals surface area contributed by atoms with Crippen molar-refractivity contribution in [2.24, 2.45) is 47.3 Å². The zero-order chi connectivity index (χ0) is 51.4. The van der Waals surface area contributed by atoms with Crippen LogP contribution in [0.1, 0.15) is 292 Å². The van der Waals surface area contributed by atoms with Crippen molar-refractivity contribution in [3.8, 4) is 0 Å². The molecule has 5 aliphatic heterocycles. The first-order valence-corrected chi connectivity index (χ1v) is 31.4. The fourth-order valence-corrected chi connectivity index (χ4v) is 11.4. The van der Waals surface area contributed by atoms with Gasteiger partial charge in [-0.1, -0.05) is 179 Å². The Labute approximate surface area is 444 Å². The average Bonchev–Trinajstić information content (AvgIpc) is 3.90. The van der Waals surface area contributed by atoms with E-state index in [1.165, 1.54) is 213 Å². The largest absolute Gasteiger partial charge is 0.378 e. The maximum Gasteiger partial charge on any atom is 0.0598 e. The summed E-state index contributed by atoms with van der Waals surface area (Å²) in [6.45, 7) is 46.6. The smallest absolute Gasteiger partial charge is 0.0598 e. The molecular formula is C65H135N3O2. The van der Waals surface area contributed by atoms with Gasteiger partial charge in [-0.25, -0.2) is 0 Å². The monoisotopic (exact) mass is 990 g/mol. The lowest BCUT2D eigenvalue weighted by atomic mass is 9.78. The molecule has 5 heterocycles. The van der Waals surface area contributed by atoms with Gasteiger partial charge in [0, 0.05) is 31.3 Å². The Morgan fingerprint density at radius 1 is 0.257 bits per heavy atom. The van der Waals surface area contributed by atoms with Crippen molar-refractivity contribution in [3.63, 3.8) is 0 Å². The van der Waals surface area contributed by atoms with Crippen LogP contribution in [0.5, 0.6) is 0 Å². The SMILES string of the molecule is C.CC(C)C1CCC1.CC(C)C1CCCCC1.CC(C)C1CCCCC1.CC(C)C1CCCCO1.CC(C)C1CCCO1.CC(C)N1CCCCC1.CC(C)N1CCCCC1.CC(C)N1CCCCC1. The fourth-order valence-electron chi connectivity index (χ4n) is 11.4. The molecule has 0 spiro atoms. The molecule has 70 heavy (non-hydrogen) atoms. The molecule has 0 aromatic carbocycles. The summed E-state index contributed by atoms with van der Waals surface area (Å²) in [6.07, 6.45) is 39.8. The highest BCUT2D eigenvalue weighted by atomic mass is 16.5. The zero-order valence-electron chi connectivity index (χ0n) is 50.4. The lowest BCUT2D eigenvalue weighted by Gasteiger charge is -2.29. The lowest BCUT2D eigenvalue weighted by Crippen LogP contribution is -2.35. The van der Waals surface area contributed by atoms with Crippen molar-refractivity contribution in [1.29, 1.82) is 0 Å². The first-order valence-electron chi connectivity index (χ1n) is 31.4. The van der Waals surface area contributed by atoms with E-state index in [4.69, 9.17) is 9.47 Å². The Morgan fingerprint density at radius 3 is 0.643 bits per heavy atom. The van der Waals surface area contributed by atoms with Gasteiger partial charge in [0.25, 0.3) is 0 Å². The molecule has 3 aliphatic carbocycles. The Balaban J connectivity index is 0.000000777. The van der Waals surface area contributed by atoms with E-state index in [2.05, 4.69) is 125 Å². The summed E-state index contributed by atoms with van der Waals surface area (Å²) in [5.74, 6) is 7.45. The van der Waals surface area contributed by atoms with E-state index in [1.54, 1.807) is 0 Å². The molecule has 0 N–H and O–H groups in total. The number of hydrogen-bond acceptors (Lipinski definition) is 5. The van der Waals surface area contributed by atoms with Crippen LogP contribution in [0.15, 0.2) is 0 Å². The van der Waals surface area contributed by atoms with Crippen molar-refractivity contribution in [2.45, 2.75) is 322 Å². The van der Waals surface area contributed by atoms with Crippen molar-refractivity contribution >= 4 is 0 Å². The maximum atomic E-state index is 5.54. The second kappa shape index (κ2) is 44.0. The molecule has 0 bridgehead atoms. The van der Waals surface area contributed by atoms with Gasteiger partial charge in [0.1, 0.15) is 0 Å². The van der Waals surface area contributed by atoms with Crippen LogP contribution in [0.2, 0.25) is 0 Å². The van der Waals surface area contributed by atoms with Gasteiger partial charge in [0.05, 0.1) is 12.2 Å². The molecule has 8 rings (SSSR count). The van der Waals surface area contributed by atoms with Gasteiger partial charge in [-0.3, -0.25) is 0 Å². The van der Waals surface area contributed by atoms with Crippen molar-refractivity contribution < 1.29 is 9.47 Å². The van der Waals surface area contributed by atoms with Gasteiger partial charge in [-0.2, -0.15) is 0 Å². The lowest BCUT2D eigenvalue weighted by molar-refractivity contribution is -0.0115. The van der Waals surface area contributed by atoms with Crippen LogP contribution in [0.25, 0.3) is 0 Å². The quantitative estimate of drug-likeness (QED) is 0.242. The first kappa shape index (κ1) is 69.8. The molecule has 2 unspecified atom stereocenters. The molecule has 0 radical (unpaired) electrons. The summed E-state index contributed by atoms with van der Waals surface area (Å²) in [6, 6.07) is 2.31. The van der Waals surface area contributed by atoms with E-state index in [0.29, 0.717) is 18.1 Å². The van der Waals surface area contributed by atoms with Crippen LogP contribution in [-0.4, -0.2) is 97.5 Å². The third-order valence-corrected chi connectivity index (χ3v) is 17.3. The van der Waals surface area contributed by atoms with Crippen LogP contribution < -0.4 is 0 Å². The van der Waals surface area contributed by atoms with Crippen molar-refractivity contribution in [1.82, 2.24) is 14.7 Å². The van der Waals surface area contributed by atoms with Gasteiger partial charge in [0.2, 0.25) is 0 Å². The molecule has 0 amide bonds. The number of hydrogen-bond donors (Lipinski definition) is 0. The normalized spacial score (nSPS) is 24.2. The molecule has 5 heteroatoms. The van der Waals surface area contributed by atoms with Crippen molar-refractivity contribution in [3.05, 3.63) is 0 Å². The zero-order valence-corrected chi connectivity index (χ0v) is 50.4. The topological polar surface area (TPSA) is 28.2 Å². The Morgan fingerprint density at radius 2 is 0.500 bits per heavy atom. The molecule has 0 aromatic rings. The Kier molecular flexibility index (Phi) is 43.9. The van der Waals surface area contributed by atoms with E-state index < -0.39 is 0 Å². The van der Waals surface area contributed by atoms with E-state index in [9.17, 15) is 0 Å². The van der Waals surface area contributed by atoms with E-state index >= 15 is 0 Å². The summed E-state index contributed by atoms with van der Waals surface area (Å²) >= 11 is 0. The van der Waals surface area contributed by atoms with Gasteiger partial charge >= 0.3 is 0 Å². The number of rotatable bonds is 8. The fraction of sp³-hybridized carbons (Fsp3) is 1.00. The minimum atomic E-state index is 0. The molecule has 5 saturated heterocycles. The van der Waals surface area contributed by atoms with E-state index in [-0.39, 0.29) is 7.43 Å². The third-order valence-electron chi connectivity index (χ3n) is 17.3. The van der Waals surface area contributed by atoms with Crippen LogP contribution in [-0.2, 0) is 9.47 Å². The first-order chi connectivity index (χ1) is 32.9. The van der Waals surface area contributed by atoms with Gasteiger partial charge in [0.15, 0.2) is 0 Å². The number of piperidine rings is 3. The second-order valence-electron chi connectivity index (χ2n) is 25.7. The minimum absolute atomic E-state index is 0. The highest BCUT2D eigenvalue weighted by molar-refractivity contribution is 4.73. The molecule has 0 aromatic heterocycles. The molecule has 422 valence electrons. The Bertz CT molecular complexity index is 888. The highest BCUT2D eigenvalue weighted by Gasteiger charge is 2.21. The van der Waals surface area contributed by atoms with Gasteiger partial charge in [-0.15, -0.1) is 0 Å². The summed E-state index contributed by atoms with van der Waals surface area (Å²) in [7, 11) is 0. The third kappa shape index (κ3) is 35.1. The number of likely N-dealkylation sites (tertiary alicyclic amines) is 3. The number of nitrogens with zero attached hydrogens (tertiary/aromatic N) is 3. The minimum Gasteiger partial charge on any atom is -0.378 e. The van der Waals surface area contributed by atoms with Crippen LogP contribution in [0.3, 0.4) is 0 Å². The molecule has 3 saturated carbocycles. The predicted molar refractivity (Wildman–Crippen MR) is 316 cm³/mol. The standard InChI is InChI=1S/2C9H18.3C8H17N.C8H16O.C7H14O.C7H14.CH4/c5*1-8(2)9-6-4-3-5-7-9;1-7(2)8-5-3-4-6-9-8;1-6(2)7-4-3-5-8-7;1-6(2)7-4-3-5-7;/h2*8-9H,3-7H2,1-2H3;3*8H,3-7H2,1-2H3;7-8H,3-6H2,1-2H3;6-7H,3-5H2,1-2H3;6-7H,3-5H2,1-2H3;1H4. The predicted octanol–water partition coefficient (Wildman–Crippen LogP) is 19.2. The molecule has 8 aliphatic rings. The highest BCUT2D eigenvalue weighted by Crippen LogP contribution is 2.33. The molecule has 8 fully saturated rings. The Hall–Kier alpha value is -0.200. The van der Waals surface area contributed by atoms with Crippen LogP contribution in [0.4, 0.5) is 0 Å². The molecular weight excluding hydrogens is 855 g/mol. The summed E-state index contributed by atoms with van der Waals surface area (Å²) < 4.78 is 11.0. The molecule has 2 atom stereocenters. The summed E-state index contributed by atoms with van der Waals surface area (Å²) in [4.78, 5) is 7.68. The van der Waals surface area contributed by atoms with Crippen LogP contribution in [0, 0.1) is 47.3 Å². The second-order valence-corrected chi connectivity index (χ2v) is 25.7. The number of ether oxygens (including phenoxy) is 2. The van der Waals surface area contributed by atoms with Crippen LogP contribution >= 0.6 is 0 Å². The summed E-state index contributed by atoms with van der Waals surface area (Å²) in [5, 5.41) is 0. The average molecular weight is 991 g/mol. The van der Waals surface area contributed by atoms with E-state index in [1.807, 2.05) is 0 Å².